The van der Waals surface area contributed by atoms with Gasteiger partial charge in [0.15, 0.2) is 0 Å². The molecule has 0 saturated carbocycles. The minimum absolute atomic E-state index is 0.767. The molecule has 0 fully saturated rings. The minimum atomic E-state index is 0.767. The molecule has 0 atom stereocenters. The third-order valence-corrected chi connectivity index (χ3v) is 3.19. The Hall–Kier alpha value is -1.24. The molecule has 0 bridgehead atoms. The highest BCUT2D eigenvalue weighted by Crippen LogP contribution is 2.22. The molecule has 0 saturated heterocycles. The van der Waals surface area contributed by atoms with Gasteiger partial charge in [0.05, 0.1) is 0 Å². The van der Waals surface area contributed by atoms with E-state index in [2.05, 4.69) is 56.7 Å². The van der Waals surface area contributed by atoms with Crippen LogP contribution >= 0.6 is 0 Å². The third-order valence-electron chi connectivity index (χ3n) is 3.19. The van der Waals surface area contributed by atoms with E-state index >= 15 is 0 Å². The zero-order valence-electron chi connectivity index (χ0n) is 10.7. The Balaban J connectivity index is 2.40. The molecule has 1 aromatic carbocycles. The molecule has 0 radical (unpaired) electrons. The number of rotatable bonds is 3. The predicted octanol–water partition coefficient (Wildman–Crippen LogP) is 4.30. The molecular weight excluding hydrogens is 194 g/mol. The van der Waals surface area contributed by atoms with Crippen molar-refractivity contribution < 1.29 is 0 Å². The van der Waals surface area contributed by atoms with Crippen molar-refractivity contribution >= 4 is 10.9 Å². The second-order valence-electron chi connectivity index (χ2n) is 5.21. The summed E-state index contributed by atoms with van der Waals surface area (Å²) in [5.74, 6) is 0.767. The van der Waals surface area contributed by atoms with Gasteiger partial charge in [-0.25, -0.2) is 0 Å². The number of fused-ring (bicyclic) bond motifs is 1. The van der Waals surface area contributed by atoms with Crippen molar-refractivity contribution in [1.82, 2.24) is 4.57 Å². The van der Waals surface area contributed by atoms with E-state index in [1.165, 1.54) is 28.5 Å². The van der Waals surface area contributed by atoms with Crippen LogP contribution in [-0.4, -0.2) is 4.57 Å². The number of nitrogens with zero attached hydrogens (tertiary/aromatic N) is 1. The van der Waals surface area contributed by atoms with Crippen LogP contribution in [0.4, 0.5) is 0 Å². The van der Waals surface area contributed by atoms with Gasteiger partial charge in [-0.1, -0.05) is 19.9 Å². The van der Waals surface area contributed by atoms with E-state index in [4.69, 9.17) is 0 Å². The second-order valence-corrected chi connectivity index (χ2v) is 5.21. The molecule has 2 aromatic rings. The Morgan fingerprint density at radius 2 is 1.94 bits per heavy atom. The summed E-state index contributed by atoms with van der Waals surface area (Å²) in [4.78, 5) is 0. The van der Waals surface area contributed by atoms with E-state index in [1.54, 1.807) is 0 Å². The van der Waals surface area contributed by atoms with Gasteiger partial charge in [0.25, 0.3) is 0 Å². The summed E-state index contributed by atoms with van der Waals surface area (Å²) in [5, 5.41) is 1.40. The van der Waals surface area contributed by atoms with E-state index in [-0.39, 0.29) is 0 Å². The smallest absolute Gasteiger partial charge is 0.0485 e. The fourth-order valence-corrected chi connectivity index (χ4v) is 2.25. The molecule has 0 aliphatic rings. The maximum absolute atomic E-state index is 2.38. The lowest BCUT2D eigenvalue weighted by Crippen LogP contribution is -2.00. The normalized spacial score (nSPS) is 11.6. The lowest BCUT2D eigenvalue weighted by Gasteiger charge is -2.09. The van der Waals surface area contributed by atoms with Crippen LogP contribution in [0, 0.1) is 19.8 Å². The number of aryl methyl sites for hydroxylation is 3. The summed E-state index contributed by atoms with van der Waals surface area (Å²) >= 11 is 0. The zero-order valence-corrected chi connectivity index (χ0v) is 10.7. The first-order chi connectivity index (χ1) is 7.58. The molecule has 0 aliphatic heterocycles. The van der Waals surface area contributed by atoms with Crippen LogP contribution in [0.5, 0.6) is 0 Å². The molecule has 0 aliphatic carbocycles. The lowest BCUT2D eigenvalue weighted by atomic mass is 10.1. The molecule has 1 nitrogen and oxygen atoms in total. The van der Waals surface area contributed by atoms with Gasteiger partial charge in [-0.2, -0.15) is 0 Å². The molecule has 0 N–H and O–H groups in total. The van der Waals surface area contributed by atoms with Crippen LogP contribution in [0.3, 0.4) is 0 Å². The lowest BCUT2D eigenvalue weighted by molar-refractivity contribution is 0.524. The van der Waals surface area contributed by atoms with Crippen LogP contribution < -0.4 is 0 Å². The van der Waals surface area contributed by atoms with Crippen LogP contribution in [0.25, 0.3) is 10.9 Å². The van der Waals surface area contributed by atoms with Crippen molar-refractivity contribution in [2.75, 3.05) is 0 Å². The molecule has 0 spiro atoms. The standard InChI is InChI=1S/C15H21N/c1-11(2)5-7-16-8-6-14-13(4)9-12(3)10-15(14)16/h6,8-11H,5,7H2,1-4H3. The number of benzene rings is 1. The fourth-order valence-electron chi connectivity index (χ4n) is 2.25. The van der Waals surface area contributed by atoms with Crippen LogP contribution in [0.1, 0.15) is 31.4 Å². The third kappa shape index (κ3) is 2.13. The molecule has 2 rings (SSSR count). The Labute approximate surface area is 98.1 Å². The van der Waals surface area contributed by atoms with Crippen molar-refractivity contribution in [3.63, 3.8) is 0 Å². The Morgan fingerprint density at radius 3 is 2.62 bits per heavy atom. The number of hydrogen-bond acceptors (Lipinski definition) is 0. The number of hydrogen-bond donors (Lipinski definition) is 0. The molecule has 1 aromatic heterocycles. The largest absolute Gasteiger partial charge is 0.347 e. The fraction of sp³-hybridized carbons (Fsp3) is 0.467. The van der Waals surface area contributed by atoms with Gasteiger partial charge in [-0.05, 0) is 49.4 Å². The summed E-state index contributed by atoms with van der Waals surface area (Å²) in [5.41, 5.74) is 4.13. The average molecular weight is 215 g/mol. The zero-order chi connectivity index (χ0) is 11.7. The first kappa shape index (κ1) is 11.3. The molecule has 0 amide bonds. The first-order valence-electron chi connectivity index (χ1n) is 6.14. The summed E-state index contributed by atoms with van der Waals surface area (Å²) in [6.45, 7) is 10.1. The van der Waals surface area contributed by atoms with Crippen LogP contribution in [-0.2, 0) is 6.54 Å². The SMILES string of the molecule is Cc1cc(C)c2ccn(CCC(C)C)c2c1. The van der Waals surface area contributed by atoms with Gasteiger partial charge >= 0.3 is 0 Å². The van der Waals surface area contributed by atoms with E-state index in [0.29, 0.717) is 0 Å². The van der Waals surface area contributed by atoms with Gasteiger partial charge in [-0.3, -0.25) is 0 Å². The van der Waals surface area contributed by atoms with Gasteiger partial charge in [-0.15, -0.1) is 0 Å². The molecular formula is C15H21N. The highest BCUT2D eigenvalue weighted by Gasteiger charge is 2.04. The van der Waals surface area contributed by atoms with Gasteiger partial charge < -0.3 is 4.57 Å². The molecule has 16 heavy (non-hydrogen) atoms. The summed E-state index contributed by atoms with van der Waals surface area (Å²) in [7, 11) is 0. The summed E-state index contributed by atoms with van der Waals surface area (Å²) < 4.78 is 2.38. The molecule has 1 heterocycles. The van der Waals surface area contributed by atoms with Gasteiger partial charge in [0, 0.05) is 23.6 Å². The van der Waals surface area contributed by atoms with Crippen molar-refractivity contribution in [3.05, 3.63) is 35.5 Å². The quantitative estimate of drug-likeness (QED) is 0.719. The van der Waals surface area contributed by atoms with Crippen molar-refractivity contribution in [2.24, 2.45) is 5.92 Å². The maximum atomic E-state index is 2.38. The summed E-state index contributed by atoms with van der Waals surface area (Å²) in [6.07, 6.45) is 3.47. The van der Waals surface area contributed by atoms with Crippen molar-refractivity contribution in [1.29, 1.82) is 0 Å². The first-order valence-corrected chi connectivity index (χ1v) is 6.14. The van der Waals surface area contributed by atoms with Crippen molar-refractivity contribution in [2.45, 2.75) is 40.7 Å². The topological polar surface area (TPSA) is 4.93 Å². The van der Waals surface area contributed by atoms with Gasteiger partial charge in [0.2, 0.25) is 0 Å². The monoisotopic (exact) mass is 215 g/mol. The minimum Gasteiger partial charge on any atom is -0.347 e. The second kappa shape index (κ2) is 4.32. The van der Waals surface area contributed by atoms with E-state index in [9.17, 15) is 0 Å². The van der Waals surface area contributed by atoms with Crippen LogP contribution in [0.15, 0.2) is 24.4 Å². The molecule has 86 valence electrons. The highest BCUT2D eigenvalue weighted by atomic mass is 14.9. The Bertz CT molecular complexity index is 491. The number of aromatic nitrogens is 1. The van der Waals surface area contributed by atoms with Gasteiger partial charge in [0.1, 0.15) is 0 Å². The van der Waals surface area contributed by atoms with E-state index in [1.807, 2.05) is 0 Å². The summed E-state index contributed by atoms with van der Waals surface area (Å²) in [6, 6.07) is 6.79. The Kier molecular flexibility index (Phi) is 3.04. The Morgan fingerprint density at radius 1 is 1.19 bits per heavy atom. The van der Waals surface area contributed by atoms with E-state index in [0.717, 1.165) is 12.5 Å². The molecule has 0 unspecified atom stereocenters. The van der Waals surface area contributed by atoms with Crippen molar-refractivity contribution in [3.8, 4) is 0 Å². The predicted molar refractivity (Wildman–Crippen MR) is 70.9 cm³/mol. The average Bonchev–Trinajstić information content (AvgIpc) is 2.58. The van der Waals surface area contributed by atoms with E-state index < -0.39 is 0 Å². The maximum Gasteiger partial charge on any atom is 0.0485 e. The van der Waals surface area contributed by atoms with Crippen LogP contribution in [0.2, 0.25) is 0 Å². The highest BCUT2D eigenvalue weighted by molar-refractivity contribution is 5.84. The molecule has 1 heteroatoms.